The lowest BCUT2D eigenvalue weighted by Crippen LogP contribution is -2.04. The predicted octanol–water partition coefficient (Wildman–Crippen LogP) is 15.0. The first-order valence-electron chi connectivity index (χ1n) is 21.1. The van der Waals surface area contributed by atoms with Gasteiger partial charge in [0.15, 0.2) is 0 Å². The molecule has 0 bridgehead atoms. The molecule has 1 aliphatic heterocycles. The van der Waals surface area contributed by atoms with E-state index in [-0.39, 0.29) is 0 Å². The largest absolute Gasteiger partial charge is 0.493 e. The molecule has 0 unspecified atom stereocenters. The van der Waals surface area contributed by atoms with Crippen molar-refractivity contribution in [1.82, 2.24) is 0 Å². The number of hydrogen-bond acceptors (Lipinski definition) is 0. The van der Waals surface area contributed by atoms with E-state index in [4.69, 9.17) is 0 Å². The summed E-state index contributed by atoms with van der Waals surface area (Å²) >= 11 is 0. The van der Waals surface area contributed by atoms with Crippen molar-refractivity contribution in [2.24, 2.45) is 0 Å². The van der Waals surface area contributed by atoms with Crippen LogP contribution in [0.5, 0.6) is 0 Å². The minimum absolute atomic E-state index is 0.923. The number of benzene rings is 2. The van der Waals surface area contributed by atoms with E-state index in [2.05, 4.69) is 87.8 Å². The molecule has 0 spiro atoms. The summed E-state index contributed by atoms with van der Waals surface area (Å²) in [6.07, 6.45) is 29.5. The monoisotopic (exact) mass is 687 g/mol. The van der Waals surface area contributed by atoms with Gasteiger partial charge in [-0.3, -0.25) is 0 Å². The second-order valence-corrected chi connectivity index (χ2v) is 14.8. The highest BCUT2D eigenvalue weighted by Crippen LogP contribution is 2.45. The van der Waals surface area contributed by atoms with Crippen LogP contribution in [0.2, 0.25) is 0 Å². The van der Waals surface area contributed by atoms with Gasteiger partial charge in [0.1, 0.15) is 0 Å². The van der Waals surface area contributed by atoms with Crippen LogP contribution >= 0.6 is 0 Å². The number of rotatable bonds is 25. The molecule has 0 saturated carbocycles. The lowest BCUT2D eigenvalue weighted by Gasteiger charge is -2.12. The zero-order chi connectivity index (χ0) is 36.7. The SMILES string of the molecule is CC#Cc1cc(C#CC)cc(C2=C(CCCCCCCCCCCCCCCCCCC)C(CCCC)=C(c3cc(CC)cc(CC)c3)[N+]2=[N-])c1. The van der Waals surface area contributed by atoms with Crippen molar-refractivity contribution in [3.63, 3.8) is 0 Å². The summed E-state index contributed by atoms with van der Waals surface area (Å²) < 4.78 is 1.53. The summed E-state index contributed by atoms with van der Waals surface area (Å²) in [6.45, 7) is 12.8. The Bertz CT molecular complexity index is 1500. The van der Waals surface area contributed by atoms with Crippen LogP contribution in [-0.4, -0.2) is 4.70 Å². The third-order valence-corrected chi connectivity index (χ3v) is 10.6. The molecule has 3 rings (SSSR count). The van der Waals surface area contributed by atoms with Gasteiger partial charge in [0, 0.05) is 33.4 Å². The molecule has 1 aliphatic rings. The Morgan fingerprint density at radius 1 is 0.451 bits per heavy atom. The second kappa shape index (κ2) is 24.8. The van der Waals surface area contributed by atoms with Gasteiger partial charge in [-0.1, -0.05) is 155 Å². The number of unbranched alkanes of at least 4 members (excludes halogenated alkanes) is 17. The van der Waals surface area contributed by atoms with Crippen LogP contribution in [0.15, 0.2) is 47.5 Å². The molecule has 0 aliphatic carbocycles. The molecule has 0 atom stereocenters. The zero-order valence-electron chi connectivity index (χ0n) is 33.6. The van der Waals surface area contributed by atoms with Crippen LogP contribution in [0.1, 0.15) is 210 Å². The van der Waals surface area contributed by atoms with Crippen LogP contribution in [0.3, 0.4) is 0 Å². The minimum Gasteiger partial charge on any atom is -0.493 e. The van der Waals surface area contributed by atoms with Gasteiger partial charge in [-0.15, -0.1) is 11.8 Å². The number of allylic oxidation sites excluding steroid dienone is 2. The quantitative estimate of drug-likeness (QED) is 0.0564. The van der Waals surface area contributed by atoms with Crippen LogP contribution in [0, 0.1) is 23.7 Å². The fraction of sp³-hybridized carbons (Fsp3) is 0.592. The van der Waals surface area contributed by atoms with Crippen molar-refractivity contribution < 1.29 is 4.70 Å². The van der Waals surface area contributed by atoms with Gasteiger partial charge in [0.25, 0.3) is 0 Å². The Labute approximate surface area is 314 Å². The van der Waals surface area contributed by atoms with E-state index in [1.165, 1.54) is 130 Å². The van der Waals surface area contributed by atoms with E-state index in [0.717, 1.165) is 78.6 Å². The van der Waals surface area contributed by atoms with Crippen LogP contribution in [0.4, 0.5) is 0 Å². The van der Waals surface area contributed by atoms with Gasteiger partial charge in [0.2, 0.25) is 11.4 Å². The van der Waals surface area contributed by atoms with E-state index in [1.54, 1.807) is 0 Å². The molecule has 0 amide bonds. The average Bonchev–Trinajstić information content (AvgIpc) is 3.42. The summed E-state index contributed by atoms with van der Waals surface area (Å²) in [5.41, 5.74) is 23.4. The molecular weight excluding hydrogens is 617 g/mol. The highest BCUT2D eigenvalue weighted by Gasteiger charge is 2.35. The lowest BCUT2D eigenvalue weighted by molar-refractivity contribution is -0.345. The van der Waals surface area contributed by atoms with Gasteiger partial charge < -0.3 is 5.53 Å². The Morgan fingerprint density at radius 3 is 1.22 bits per heavy atom. The van der Waals surface area contributed by atoms with E-state index in [0.29, 0.717) is 0 Å². The zero-order valence-corrected chi connectivity index (χ0v) is 33.6. The van der Waals surface area contributed by atoms with Crippen molar-refractivity contribution in [2.75, 3.05) is 0 Å². The van der Waals surface area contributed by atoms with Gasteiger partial charge in [-0.05, 0) is 93.8 Å². The molecule has 1 heterocycles. The van der Waals surface area contributed by atoms with Crippen molar-refractivity contribution in [2.45, 2.75) is 189 Å². The first-order chi connectivity index (χ1) is 25.0. The molecule has 2 aromatic carbocycles. The summed E-state index contributed by atoms with van der Waals surface area (Å²) in [4.78, 5) is 0. The number of aryl methyl sites for hydroxylation is 2. The topological polar surface area (TPSA) is 25.3 Å². The molecule has 2 aromatic rings. The highest BCUT2D eigenvalue weighted by molar-refractivity contribution is 5.83. The fourth-order valence-corrected chi connectivity index (χ4v) is 7.67. The minimum atomic E-state index is 0.923. The molecule has 51 heavy (non-hydrogen) atoms. The standard InChI is InChI=1S/C49H70N2/c1-7-13-15-16-17-18-19-20-21-22-23-24-25-26-27-28-29-33-47-46(32-14-8-2)48(44-36-40(11-5)34-41(12-6)37-44)51(50)49(47)45-38-42(30-9-3)35-43(39-45)31-10-4/h34-39H,7-8,11-29,32-33H2,1-6H3. The Morgan fingerprint density at radius 2 is 0.824 bits per heavy atom. The number of nitrogens with zero attached hydrogens (tertiary/aromatic N) is 2. The molecule has 0 aromatic heterocycles. The van der Waals surface area contributed by atoms with Crippen molar-refractivity contribution in [3.8, 4) is 23.7 Å². The van der Waals surface area contributed by atoms with Gasteiger partial charge in [-0.25, -0.2) is 4.70 Å². The molecule has 0 radical (unpaired) electrons. The lowest BCUT2D eigenvalue weighted by atomic mass is 9.90. The maximum atomic E-state index is 12.3. The Kier molecular flexibility index (Phi) is 20.4. The summed E-state index contributed by atoms with van der Waals surface area (Å²) in [7, 11) is 0. The molecule has 0 N–H and O–H groups in total. The van der Waals surface area contributed by atoms with Crippen molar-refractivity contribution in [3.05, 3.63) is 86.5 Å². The van der Waals surface area contributed by atoms with E-state index in [1.807, 2.05) is 13.8 Å². The van der Waals surface area contributed by atoms with Crippen LogP contribution < -0.4 is 0 Å². The predicted molar refractivity (Wildman–Crippen MR) is 223 cm³/mol. The highest BCUT2D eigenvalue weighted by atomic mass is 15.2. The summed E-state index contributed by atoms with van der Waals surface area (Å²) in [5.74, 6) is 12.7. The molecule has 2 heteroatoms. The van der Waals surface area contributed by atoms with Gasteiger partial charge in [0.05, 0.1) is 0 Å². The molecule has 0 saturated heterocycles. The fourth-order valence-electron chi connectivity index (χ4n) is 7.67. The maximum Gasteiger partial charge on any atom is 0.211 e. The Balaban J connectivity index is 1.72. The van der Waals surface area contributed by atoms with Gasteiger partial charge in [-0.2, -0.15) is 0 Å². The number of hydrogen-bond donors (Lipinski definition) is 0. The molecule has 2 nitrogen and oxygen atoms in total. The average molecular weight is 687 g/mol. The van der Waals surface area contributed by atoms with E-state index >= 15 is 0 Å². The molecular formula is C49H70N2. The third kappa shape index (κ3) is 13.9. The van der Waals surface area contributed by atoms with Crippen molar-refractivity contribution >= 4 is 11.4 Å². The van der Waals surface area contributed by atoms with E-state index in [9.17, 15) is 5.53 Å². The van der Waals surface area contributed by atoms with Crippen LogP contribution in [0.25, 0.3) is 16.9 Å². The first-order valence-corrected chi connectivity index (χ1v) is 21.1. The second-order valence-electron chi connectivity index (χ2n) is 14.8. The molecule has 0 fully saturated rings. The van der Waals surface area contributed by atoms with Gasteiger partial charge >= 0.3 is 0 Å². The van der Waals surface area contributed by atoms with E-state index < -0.39 is 0 Å². The normalized spacial score (nSPS) is 12.7. The summed E-state index contributed by atoms with van der Waals surface area (Å²) in [6, 6.07) is 13.3. The smallest absolute Gasteiger partial charge is 0.211 e. The first kappa shape index (κ1) is 42.1. The van der Waals surface area contributed by atoms with Crippen molar-refractivity contribution in [1.29, 1.82) is 0 Å². The maximum absolute atomic E-state index is 12.3. The molecule has 276 valence electrons. The van der Waals surface area contributed by atoms with Crippen LogP contribution in [-0.2, 0) is 12.8 Å². The summed E-state index contributed by atoms with van der Waals surface area (Å²) in [5, 5.41) is 0. The third-order valence-electron chi connectivity index (χ3n) is 10.6. The Hall–Kier alpha value is -3.36.